The second kappa shape index (κ2) is 6.13. The zero-order chi connectivity index (χ0) is 13.9. The minimum absolute atomic E-state index is 0.367. The van der Waals surface area contributed by atoms with Gasteiger partial charge >= 0.3 is 0 Å². The van der Waals surface area contributed by atoms with Crippen LogP contribution in [0.4, 0.5) is 0 Å². The van der Waals surface area contributed by atoms with E-state index in [1.165, 1.54) is 64.5 Å². The summed E-state index contributed by atoms with van der Waals surface area (Å²) in [6, 6.07) is 0.745. The fourth-order valence-electron chi connectivity index (χ4n) is 4.28. The molecule has 0 bridgehead atoms. The van der Waals surface area contributed by atoms with Gasteiger partial charge in [-0.3, -0.25) is 4.90 Å². The van der Waals surface area contributed by atoms with Gasteiger partial charge in [-0.1, -0.05) is 40.0 Å². The van der Waals surface area contributed by atoms with E-state index in [1.807, 2.05) is 0 Å². The Balaban J connectivity index is 2.17. The van der Waals surface area contributed by atoms with Crippen LogP contribution in [0.5, 0.6) is 0 Å². The summed E-state index contributed by atoms with van der Waals surface area (Å²) in [7, 11) is 0. The molecule has 2 fully saturated rings. The molecular formula is C17H34N2. The van der Waals surface area contributed by atoms with Crippen molar-refractivity contribution in [2.24, 2.45) is 0 Å². The first-order valence-electron chi connectivity index (χ1n) is 8.61. The molecule has 1 aliphatic heterocycles. The molecule has 0 spiro atoms. The largest absolute Gasteiger partial charge is 0.308 e. The van der Waals surface area contributed by atoms with Gasteiger partial charge < -0.3 is 5.32 Å². The monoisotopic (exact) mass is 266 g/mol. The van der Waals surface area contributed by atoms with Crippen molar-refractivity contribution in [1.29, 1.82) is 0 Å². The molecule has 1 saturated heterocycles. The van der Waals surface area contributed by atoms with Crippen LogP contribution in [0.2, 0.25) is 0 Å². The molecule has 1 atom stereocenters. The molecule has 0 radical (unpaired) electrons. The topological polar surface area (TPSA) is 15.3 Å². The standard InChI is InChI=1S/C17H34N2/c1-5-15-13-18-17(6-2,7-3)14-19(15)16(4)11-9-8-10-12-16/h15,18H,5-14H2,1-4H3. The summed E-state index contributed by atoms with van der Waals surface area (Å²) in [4.78, 5) is 2.90. The molecule has 19 heavy (non-hydrogen) atoms. The summed E-state index contributed by atoms with van der Waals surface area (Å²) in [5, 5.41) is 3.88. The van der Waals surface area contributed by atoms with Gasteiger partial charge in [0.2, 0.25) is 0 Å². The maximum absolute atomic E-state index is 3.88. The summed E-state index contributed by atoms with van der Waals surface area (Å²) in [6.45, 7) is 12.0. The van der Waals surface area contributed by atoms with Crippen molar-refractivity contribution >= 4 is 0 Å². The zero-order valence-electron chi connectivity index (χ0n) is 13.6. The van der Waals surface area contributed by atoms with Crippen molar-refractivity contribution in [2.45, 2.75) is 96.2 Å². The van der Waals surface area contributed by atoms with Crippen LogP contribution >= 0.6 is 0 Å². The number of rotatable bonds is 4. The van der Waals surface area contributed by atoms with Crippen molar-refractivity contribution in [2.75, 3.05) is 13.1 Å². The number of hydrogen-bond donors (Lipinski definition) is 1. The first-order valence-corrected chi connectivity index (χ1v) is 8.61. The van der Waals surface area contributed by atoms with E-state index >= 15 is 0 Å². The van der Waals surface area contributed by atoms with E-state index in [1.54, 1.807) is 0 Å². The smallest absolute Gasteiger partial charge is 0.0304 e. The summed E-state index contributed by atoms with van der Waals surface area (Å²) < 4.78 is 0. The molecule has 0 aromatic heterocycles. The Hall–Kier alpha value is -0.0800. The van der Waals surface area contributed by atoms with Crippen LogP contribution in [-0.2, 0) is 0 Å². The Kier molecular flexibility index (Phi) is 4.94. The van der Waals surface area contributed by atoms with Crippen molar-refractivity contribution in [3.8, 4) is 0 Å². The Morgan fingerprint density at radius 2 is 1.68 bits per heavy atom. The van der Waals surface area contributed by atoms with Crippen LogP contribution < -0.4 is 5.32 Å². The van der Waals surface area contributed by atoms with Gasteiger partial charge in [0.1, 0.15) is 0 Å². The lowest BCUT2D eigenvalue weighted by Crippen LogP contribution is -2.68. The minimum atomic E-state index is 0.367. The zero-order valence-corrected chi connectivity index (χ0v) is 13.6. The van der Waals surface area contributed by atoms with Gasteiger partial charge in [0, 0.05) is 30.2 Å². The summed E-state index contributed by atoms with van der Waals surface area (Å²) in [5.41, 5.74) is 0.836. The fraction of sp³-hybridized carbons (Fsp3) is 1.00. The molecule has 1 aliphatic carbocycles. The number of nitrogens with zero attached hydrogens (tertiary/aromatic N) is 1. The Morgan fingerprint density at radius 1 is 1.05 bits per heavy atom. The molecule has 2 rings (SSSR count). The third-order valence-corrected chi connectivity index (χ3v) is 6.08. The van der Waals surface area contributed by atoms with E-state index < -0.39 is 0 Å². The predicted molar refractivity (Wildman–Crippen MR) is 83.6 cm³/mol. The van der Waals surface area contributed by atoms with Crippen LogP contribution in [0, 0.1) is 0 Å². The molecular weight excluding hydrogens is 232 g/mol. The van der Waals surface area contributed by atoms with Crippen molar-refractivity contribution < 1.29 is 0 Å². The number of hydrogen-bond acceptors (Lipinski definition) is 2. The molecule has 2 aliphatic rings. The summed E-state index contributed by atoms with van der Waals surface area (Å²) in [5.74, 6) is 0. The molecule has 1 N–H and O–H groups in total. The van der Waals surface area contributed by atoms with Crippen molar-refractivity contribution in [3.63, 3.8) is 0 Å². The summed E-state index contributed by atoms with van der Waals surface area (Å²) >= 11 is 0. The van der Waals surface area contributed by atoms with Gasteiger partial charge in [0.05, 0.1) is 0 Å². The molecule has 2 nitrogen and oxygen atoms in total. The average Bonchev–Trinajstić information content (AvgIpc) is 2.47. The lowest BCUT2D eigenvalue weighted by atomic mass is 9.77. The molecule has 112 valence electrons. The fourth-order valence-corrected chi connectivity index (χ4v) is 4.28. The highest BCUT2D eigenvalue weighted by Crippen LogP contribution is 2.38. The van der Waals surface area contributed by atoms with Gasteiger partial charge in [0.15, 0.2) is 0 Å². The molecule has 0 aromatic rings. The van der Waals surface area contributed by atoms with Crippen LogP contribution in [0.25, 0.3) is 0 Å². The van der Waals surface area contributed by atoms with E-state index in [2.05, 4.69) is 37.9 Å². The Bertz CT molecular complexity index is 277. The molecule has 0 amide bonds. The van der Waals surface area contributed by atoms with Crippen LogP contribution in [0.3, 0.4) is 0 Å². The second-order valence-electron chi connectivity index (χ2n) is 7.12. The van der Waals surface area contributed by atoms with Crippen LogP contribution in [-0.4, -0.2) is 35.1 Å². The lowest BCUT2D eigenvalue weighted by Gasteiger charge is -2.55. The molecule has 1 saturated carbocycles. The Morgan fingerprint density at radius 3 is 2.21 bits per heavy atom. The lowest BCUT2D eigenvalue weighted by molar-refractivity contribution is -0.0309. The highest BCUT2D eigenvalue weighted by Gasteiger charge is 2.44. The quantitative estimate of drug-likeness (QED) is 0.829. The first-order chi connectivity index (χ1) is 9.09. The number of piperazine rings is 1. The molecule has 2 heteroatoms. The van der Waals surface area contributed by atoms with Gasteiger partial charge in [-0.15, -0.1) is 0 Å². The SMILES string of the molecule is CCC1CNC(CC)(CC)CN1C1(C)CCCCC1. The normalized spacial score (nSPS) is 31.3. The first kappa shape index (κ1) is 15.3. The van der Waals surface area contributed by atoms with E-state index in [4.69, 9.17) is 0 Å². The summed E-state index contributed by atoms with van der Waals surface area (Å²) in [6.07, 6.45) is 10.9. The maximum atomic E-state index is 3.88. The minimum Gasteiger partial charge on any atom is -0.308 e. The van der Waals surface area contributed by atoms with E-state index in [0.717, 1.165) is 6.04 Å². The van der Waals surface area contributed by atoms with E-state index in [9.17, 15) is 0 Å². The highest BCUT2D eigenvalue weighted by atomic mass is 15.3. The van der Waals surface area contributed by atoms with Gasteiger partial charge in [-0.25, -0.2) is 0 Å². The van der Waals surface area contributed by atoms with Gasteiger partial charge in [-0.05, 0) is 39.0 Å². The van der Waals surface area contributed by atoms with E-state index in [0.29, 0.717) is 11.1 Å². The molecule has 1 heterocycles. The highest BCUT2D eigenvalue weighted by molar-refractivity contribution is 5.02. The maximum Gasteiger partial charge on any atom is 0.0304 e. The van der Waals surface area contributed by atoms with Gasteiger partial charge in [-0.2, -0.15) is 0 Å². The van der Waals surface area contributed by atoms with Gasteiger partial charge in [0.25, 0.3) is 0 Å². The van der Waals surface area contributed by atoms with Crippen molar-refractivity contribution in [3.05, 3.63) is 0 Å². The van der Waals surface area contributed by atoms with Crippen molar-refractivity contribution in [1.82, 2.24) is 10.2 Å². The average molecular weight is 266 g/mol. The third-order valence-electron chi connectivity index (χ3n) is 6.08. The molecule has 0 aromatic carbocycles. The molecule has 1 unspecified atom stereocenters. The predicted octanol–water partition coefficient (Wildman–Crippen LogP) is 3.95. The second-order valence-corrected chi connectivity index (χ2v) is 7.12. The Labute approximate surface area is 120 Å². The van der Waals surface area contributed by atoms with E-state index in [-0.39, 0.29) is 0 Å². The number of nitrogens with one attached hydrogen (secondary N) is 1. The van der Waals surface area contributed by atoms with Crippen LogP contribution in [0.15, 0.2) is 0 Å². The third kappa shape index (κ3) is 3.00. The van der Waals surface area contributed by atoms with Crippen LogP contribution in [0.1, 0.15) is 79.1 Å².